The van der Waals surface area contributed by atoms with Gasteiger partial charge < -0.3 is 4.90 Å². The SMILES string of the molecule is c1ccc([C@H](c2nnnn2C2CCCCC2)[NH+]2CCc3ccccc3C2)cc1. The molecule has 0 spiro atoms. The number of fused-ring (bicyclic) bond motifs is 1. The topological polar surface area (TPSA) is 48.0 Å². The summed E-state index contributed by atoms with van der Waals surface area (Å²) in [5.74, 6) is 1.03. The van der Waals surface area contributed by atoms with Crippen LogP contribution >= 0.6 is 0 Å². The summed E-state index contributed by atoms with van der Waals surface area (Å²) in [6, 6.07) is 20.3. The van der Waals surface area contributed by atoms with Crippen molar-refractivity contribution in [3.8, 4) is 0 Å². The number of hydrogen-bond donors (Lipinski definition) is 1. The minimum Gasteiger partial charge on any atom is -0.318 e. The Morgan fingerprint density at radius 1 is 0.893 bits per heavy atom. The molecule has 1 aromatic heterocycles. The van der Waals surface area contributed by atoms with Crippen molar-refractivity contribution < 1.29 is 4.90 Å². The first kappa shape index (κ1) is 17.6. The summed E-state index contributed by atoms with van der Waals surface area (Å²) in [7, 11) is 0. The first-order valence-corrected chi connectivity index (χ1v) is 10.6. The highest BCUT2D eigenvalue weighted by atomic mass is 15.6. The third-order valence-corrected chi connectivity index (χ3v) is 6.49. The molecule has 2 heterocycles. The number of nitrogens with one attached hydrogen (secondary N) is 1. The summed E-state index contributed by atoms with van der Waals surface area (Å²) in [5.41, 5.74) is 4.26. The standard InChI is InChI=1S/C23H27N5/c1-3-10-19(11-4-1)22(27-16-15-18-9-7-8-12-20(18)17-27)23-24-25-26-28(23)21-13-5-2-6-14-21/h1,3-4,7-12,21-22H,2,5-6,13-17H2/p+1/t22-/m1/s1. The van der Waals surface area contributed by atoms with Gasteiger partial charge in [-0.05, 0) is 28.8 Å². The average molecular weight is 375 g/mol. The Kier molecular flexibility index (Phi) is 4.92. The van der Waals surface area contributed by atoms with Crippen LogP contribution in [-0.2, 0) is 13.0 Å². The minimum absolute atomic E-state index is 0.173. The van der Waals surface area contributed by atoms with Crippen LogP contribution in [0.15, 0.2) is 54.6 Å². The van der Waals surface area contributed by atoms with Gasteiger partial charge in [-0.25, -0.2) is 4.68 Å². The first-order valence-electron chi connectivity index (χ1n) is 10.6. The molecule has 1 aliphatic heterocycles. The molecule has 1 fully saturated rings. The molecule has 2 atom stereocenters. The summed E-state index contributed by atoms with van der Waals surface area (Å²) in [6.07, 6.45) is 7.40. The molecule has 5 rings (SSSR count). The second-order valence-corrected chi connectivity index (χ2v) is 8.22. The van der Waals surface area contributed by atoms with Crippen LogP contribution in [0.4, 0.5) is 0 Å². The fourth-order valence-corrected chi connectivity index (χ4v) is 5.04. The number of rotatable bonds is 4. The van der Waals surface area contributed by atoms with E-state index in [2.05, 4.69) is 74.8 Å². The van der Waals surface area contributed by atoms with E-state index in [4.69, 9.17) is 0 Å². The number of benzene rings is 2. The zero-order chi connectivity index (χ0) is 18.8. The number of quaternary nitrogens is 1. The molecule has 3 aromatic rings. The van der Waals surface area contributed by atoms with Crippen molar-refractivity contribution in [2.75, 3.05) is 6.54 Å². The van der Waals surface area contributed by atoms with Crippen LogP contribution in [0.1, 0.15) is 66.7 Å². The van der Waals surface area contributed by atoms with E-state index in [1.54, 1.807) is 0 Å². The Morgan fingerprint density at radius 3 is 2.46 bits per heavy atom. The summed E-state index contributed by atoms with van der Waals surface area (Å²) in [5, 5.41) is 13.2. The smallest absolute Gasteiger partial charge is 0.214 e. The van der Waals surface area contributed by atoms with Crippen molar-refractivity contribution in [3.05, 3.63) is 77.1 Å². The van der Waals surface area contributed by atoms with Gasteiger partial charge in [-0.2, -0.15) is 0 Å². The third kappa shape index (κ3) is 3.35. The van der Waals surface area contributed by atoms with Crippen molar-refractivity contribution in [1.29, 1.82) is 0 Å². The van der Waals surface area contributed by atoms with Crippen LogP contribution in [0.5, 0.6) is 0 Å². The molecule has 2 aromatic carbocycles. The molecule has 28 heavy (non-hydrogen) atoms. The molecule has 0 bridgehead atoms. The minimum atomic E-state index is 0.173. The van der Waals surface area contributed by atoms with Gasteiger partial charge in [0, 0.05) is 17.5 Å². The molecular weight excluding hydrogens is 346 g/mol. The summed E-state index contributed by atoms with van der Waals surface area (Å²) in [4.78, 5) is 1.54. The Hall–Kier alpha value is -2.53. The highest BCUT2D eigenvalue weighted by Gasteiger charge is 2.35. The van der Waals surface area contributed by atoms with Crippen LogP contribution in [0.3, 0.4) is 0 Å². The predicted octanol–water partition coefficient (Wildman–Crippen LogP) is 2.91. The number of tetrazole rings is 1. The zero-order valence-electron chi connectivity index (χ0n) is 16.3. The Balaban J connectivity index is 1.53. The van der Waals surface area contributed by atoms with Gasteiger partial charge in [0.2, 0.25) is 5.82 Å². The molecule has 1 aliphatic carbocycles. The molecule has 144 valence electrons. The maximum absolute atomic E-state index is 4.58. The molecule has 5 nitrogen and oxygen atoms in total. The molecule has 0 saturated heterocycles. The van der Waals surface area contributed by atoms with Gasteiger partial charge in [0.25, 0.3) is 0 Å². The predicted molar refractivity (Wildman–Crippen MR) is 108 cm³/mol. The van der Waals surface area contributed by atoms with Crippen LogP contribution < -0.4 is 4.90 Å². The lowest BCUT2D eigenvalue weighted by atomic mass is 9.94. The maximum Gasteiger partial charge on any atom is 0.214 e. The van der Waals surface area contributed by atoms with E-state index >= 15 is 0 Å². The van der Waals surface area contributed by atoms with Crippen LogP contribution in [0, 0.1) is 0 Å². The molecule has 1 saturated carbocycles. The average Bonchev–Trinajstić information content (AvgIpc) is 3.25. The monoisotopic (exact) mass is 374 g/mol. The highest BCUT2D eigenvalue weighted by Crippen LogP contribution is 2.30. The van der Waals surface area contributed by atoms with Gasteiger partial charge in [-0.15, -0.1) is 5.10 Å². The van der Waals surface area contributed by atoms with Gasteiger partial charge in [-0.1, -0.05) is 73.9 Å². The Morgan fingerprint density at radius 2 is 1.64 bits per heavy atom. The van der Waals surface area contributed by atoms with Crippen LogP contribution in [0.25, 0.3) is 0 Å². The summed E-state index contributed by atoms with van der Waals surface area (Å²) < 4.78 is 2.16. The van der Waals surface area contributed by atoms with E-state index in [1.807, 2.05) is 0 Å². The third-order valence-electron chi connectivity index (χ3n) is 6.49. The van der Waals surface area contributed by atoms with Crippen LogP contribution in [-0.4, -0.2) is 26.8 Å². The van der Waals surface area contributed by atoms with Crippen molar-refractivity contribution in [2.45, 2.75) is 57.2 Å². The molecule has 1 N–H and O–H groups in total. The van der Waals surface area contributed by atoms with Gasteiger partial charge in [0.05, 0.1) is 12.6 Å². The fraction of sp³-hybridized carbons (Fsp3) is 0.435. The van der Waals surface area contributed by atoms with Gasteiger partial charge >= 0.3 is 0 Å². The first-order chi connectivity index (χ1) is 13.9. The lowest BCUT2D eigenvalue weighted by molar-refractivity contribution is -0.941. The second-order valence-electron chi connectivity index (χ2n) is 8.22. The van der Waals surface area contributed by atoms with Crippen molar-refractivity contribution in [3.63, 3.8) is 0 Å². The van der Waals surface area contributed by atoms with E-state index < -0.39 is 0 Å². The lowest BCUT2D eigenvalue weighted by Gasteiger charge is -2.33. The Labute approximate surface area is 166 Å². The van der Waals surface area contributed by atoms with Gasteiger partial charge in [0.1, 0.15) is 6.54 Å². The lowest BCUT2D eigenvalue weighted by Crippen LogP contribution is -3.12. The quantitative estimate of drug-likeness (QED) is 0.764. The fourth-order valence-electron chi connectivity index (χ4n) is 5.04. The normalized spacial score (nSPS) is 21.2. The zero-order valence-corrected chi connectivity index (χ0v) is 16.3. The second kappa shape index (κ2) is 7.84. The van der Waals surface area contributed by atoms with Gasteiger partial charge in [-0.3, -0.25) is 0 Å². The summed E-state index contributed by atoms with van der Waals surface area (Å²) >= 11 is 0. The maximum atomic E-state index is 4.58. The van der Waals surface area contributed by atoms with E-state index in [0.717, 1.165) is 25.3 Å². The molecule has 5 heteroatoms. The van der Waals surface area contributed by atoms with E-state index in [-0.39, 0.29) is 6.04 Å². The van der Waals surface area contributed by atoms with Gasteiger partial charge in [0.15, 0.2) is 6.04 Å². The largest absolute Gasteiger partial charge is 0.318 e. The number of aromatic nitrogens is 4. The molecule has 0 amide bonds. The highest BCUT2D eigenvalue weighted by molar-refractivity contribution is 5.28. The number of hydrogen-bond acceptors (Lipinski definition) is 3. The van der Waals surface area contributed by atoms with E-state index in [9.17, 15) is 0 Å². The van der Waals surface area contributed by atoms with Crippen LogP contribution in [0.2, 0.25) is 0 Å². The molecule has 0 radical (unpaired) electrons. The molecular formula is C23H28N5+. The summed E-state index contributed by atoms with van der Waals surface area (Å²) in [6.45, 7) is 2.13. The van der Waals surface area contributed by atoms with Crippen molar-refractivity contribution in [2.24, 2.45) is 0 Å². The Bertz CT molecular complexity index is 914. The molecule has 1 unspecified atom stereocenters. The van der Waals surface area contributed by atoms with Crippen molar-refractivity contribution >= 4 is 0 Å². The molecule has 2 aliphatic rings. The number of nitrogens with zero attached hydrogens (tertiary/aromatic N) is 4. The van der Waals surface area contributed by atoms with E-state index in [0.29, 0.717) is 6.04 Å². The van der Waals surface area contributed by atoms with E-state index in [1.165, 1.54) is 53.7 Å². The van der Waals surface area contributed by atoms with Crippen molar-refractivity contribution in [1.82, 2.24) is 20.2 Å².